The number of amides is 1. The number of nitrogens with zero attached hydrogens (tertiary/aromatic N) is 1. The molecule has 1 N–H and O–H groups in total. The molecule has 2 aromatic carbocycles. The van der Waals surface area contributed by atoms with Crippen molar-refractivity contribution in [2.24, 2.45) is 0 Å². The Bertz CT molecular complexity index is 618. The Hall–Kier alpha value is -2.63. The zero-order valence-electron chi connectivity index (χ0n) is 12.7. The topological polar surface area (TPSA) is 41.6 Å². The van der Waals surface area contributed by atoms with E-state index < -0.39 is 6.61 Å². The molecule has 23 heavy (non-hydrogen) atoms. The summed E-state index contributed by atoms with van der Waals surface area (Å²) in [5.41, 5.74) is 1.49. The summed E-state index contributed by atoms with van der Waals surface area (Å²) in [5.74, 6) is 0.00273. The van der Waals surface area contributed by atoms with Gasteiger partial charge in [0.25, 0.3) is 0 Å². The highest BCUT2D eigenvalue weighted by molar-refractivity contribution is 5.96. The van der Waals surface area contributed by atoms with Gasteiger partial charge in [-0.05, 0) is 43.3 Å². The van der Waals surface area contributed by atoms with Gasteiger partial charge in [0, 0.05) is 17.9 Å². The molecule has 122 valence electrons. The molecule has 0 saturated heterocycles. The van der Waals surface area contributed by atoms with Crippen LogP contribution >= 0.6 is 0 Å². The van der Waals surface area contributed by atoms with Crippen molar-refractivity contribution in [3.05, 3.63) is 54.6 Å². The minimum absolute atomic E-state index is 0.0772. The molecule has 2 rings (SSSR count). The lowest BCUT2D eigenvalue weighted by Crippen LogP contribution is -2.35. The Morgan fingerprint density at radius 3 is 2.35 bits per heavy atom. The van der Waals surface area contributed by atoms with Crippen molar-refractivity contribution in [1.29, 1.82) is 0 Å². The summed E-state index contributed by atoms with van der Waals surface area (Å²) >= 11 is 0. The van der Waals surface area contributed by atoms with Crippen LogP contribution in [0.25, 0.3) is 0 Å². The fourth-order valence-electron chi connectivity index (χ4n) is 2.14. The molecular formula is C17H18F2N2O2. The predicted octanol–water partition coefficient (Wildman–Crippen LogP) is 3.75. The van der Waals surface area contributed by atoms with E-state index in [0.717, 1.165) is 5.69 Å². The van der Waals surface area contributed by atoms with Gasteiger partial charge >= 0.3 is 6.61 Å². The van der Waals surface area contributed by atoms with Gasteiger partial charge in [0.2, 0.25) is 5.91 Å². The zero-order valence-corrected chi connectivity index (χ0v) is 12.7. The van der Waals surface area contributed by atoms with E-state index in [4.69, 9.17) is 0 Å². The number of rotatable bonds is 7. The first-order valence-corrected chi connectivity index (χ1v) is 7.24. The first-order chi connectivity index (χ1) is 11.1. The number of benzene rings is 2. The fraction of sp³-hybridized carbons (Fsp3) is 0.235. The van der Waals surface area contributed by atoms with Gasteiger partial charge in [-0.2, -0.15) is 8.78 Å². The van der Waals surface area contributed by atoms with Gasteiger partial charge in [-0.3, -0.25) is 4.79 Å². The van der Waals surface area contributed by atoms with Gasteiger partial charge in [-0.25, -0.2) is 0 Å². The Morgan fingerprint density at radius 1 is 1.13 bits per heavy atom. The molecule has 4 nitrogen and oxygen atoms in total. The third-order valence-corrected chi connectivity index (χ3v) is 3.21. The minimum atomic E-state index is -2.85. The lowest BCUT2D eigenvalue weighted by Gasteiger charge is -2.21. The van der Waals surface area contributed by atoms with Crippen LogP contribution in [-0.2, 0) is 4.79 Å². The number of carbonyl (C=O) groups excluding carboxylic acids is 1. The van der Waals surface area contributed by atoms with Crippen molar-refractivity contribution in [2.75, 3.05) is 23.3 Å². The van der Waals surface area contributed by atoms with Crippen molar-refractivity contribution >= 4 is 17.3 Å². The van der Waals surface area contributed by atoms with Crippen LogP contribution in [0.4, 0.5) is 20.2 Å². The van der Waals surface area contributed by atoms with Crippen LogP contribution in [0.5, 0.6) is 5.75 Å². The van der Waals surface area contributed by atoms with Crippen molar-refractivity contribution in [3.63, 3.8) is 0 Å². The van der Waals surface area contributed by atoms with Crippen LogP contribution in [-0.4, -0.2) is 25.6 Å². The molecule has 0 aliphatic heterocycles. The molecule has 0 saturated carbocycles. The SMILES string of the molecule is CCN(C(=O)CNc1ccc(OC(F)F)cc1)c1ccccc1. The van der Waals surface area contributed by atoms with E-state index in [0.29, 0.717) is 12.2 Å². The summed E-state index contributed by atoms with van der Waals surface area (Å²) in [6, 6.07) is 15.4. The quantitative estimate of drug-likeness (QED) is 0.845. The second-order valence-electron chi connectivity index (χ2n) is 4.73. The number of hydrogen-bond acceptors (Lipinski definition) is 3. The van der Waals surface area contributed by atoms with Crippen LogP contribution in [0.15, 0.2) is 54.6 Å². The highest BCUT2D eigenvalue weighted by Crippen LogP contribution is 2.18. The Morgan fingerprint density at radius 2 is 1.78 bits per heavy atom. The van der Waals surface area contributed by atoms with E-state index in [-0.39, 0.29) is 18.2 Å². The summed E-state index contributed by atoms with van der Waals surface area (Å²) in [4.78, 5) is 14.0. The number of ether oxygens (including phenoxy) is 1. The number of carbonyl (C=O) groups is 1. The third kappa shape index (κ3) is 4.95. The highest BCUT2D eigenvalue weighted by Gasteiger charge is 2.13. The summed E-state index contributed by atoms with van der Waals surface area (Å²) in [6.45, 7) is -0.274. The summed E-state index contributed by atoms with van der Waals surface area (Å²) in [5, 5.41) is 2.98. The standard InChI is InChI=1S/C17H18F2N2O2/c1-2-21(14-6-4-3-5-7-14)16(22)12-20-13-8-10-15(11-9-13)23-17(18)19/h3-11,17,20H,2,12H2,1H3. The molecule has 2 aromatic rings. The van der Waals surface area contributed by atoms with Gasteiger partial charge in [0.15, 0.2) is 0 Å². The summed E-state index contributed by atoms with van der Waals surface area (Å²) in [7, 11) is 0. The van der Waals surface area contributed by atoms with Crippen molar-refractivity contribution in [3.8, 4) is 5.75 Å². The van der Waals surface area contributed by atoms with Gasteiger partial charge < -0.3 is 15.0 Å². The fourth-order valence-corrected chi connectivity index (χ4v) is 2.14. The average Bonchev–Trinajstić information content (AvgIpc) is 2.55. The summed E-state index contributed by atoms with van der Waals surface area (Å²) < 4.78 is 28.4. The van der Waals surface area contributed by atoms with Crippen molar-refractivity contribution < 1.29 is 18.3 Å². The second-order valence-corrected chi connectivity index (χ2v) is 4.73. The normalized spacial score (nSPS) is 10.4. The molecule has 1 amide bonds. The molecule has 0 aromatic heterocycles. The Kier molecular flexibility index (Phi) is 5.91. The Balaban J connectivity index is 1.93. The monoisotopic (exact) mass is 320 g/mol. The van der Waals surface area contributed by atoms with Crippen LogP contribution in [0.3, 0.4) is 0 Å². The molecule has 0 spiro atoms. The molecule has 0 atom stereocenters. The van der Waals surface area contributed by atoms with Crippen LogP contribution in [0, 0.1) is 0 Å². The number of hydrogen-bond donors (Lipinski definition) is 1. The molecule has 6 heteroatoms. The maximum atomic E-state index is 12.3. The lowest BCUT2D eigenvalue weighted by atomic mass is 10.2. The molecular weight excluding hydrogens is 302 g/mol. The van der Waals surface area contributed by atoms with Crippen LogP contribution in [0.1, 0.15) is 6.92 Å². The molecule has 0 aliphatic carbocycles. The van der Waals surface area contributed by atoms with E-state index in [1.54, 1.807) is 17.0 Å². The van der Waals surface area contributed by atoms with E-state index in [2.05, 4.69) is 10.1 Å². The first kappa shape index (κ1) is 16.7. The molecule has 0 radical (unpaired) electrons. The minimum Gasteiger partial charge on any atom is -0.435 e. The molecule has 0 fully saturated rings. The van der Waals surface area contributed by atoms with Gasteiger partial charge in [0.05, 0.1) is 6.54 Å². The summed E-state index contributed by atoms with van der Waals surface area (Å²) in [6.07, 6.45) is 0. The largest absolute Gasteiger partial charge is 0.435 e. The highest BCUT2D eigenvalue weighted by atomic mass is 19.3. The lowest BCUT2D eigenvalue weighted by molar-refractivity contribution is -0.116. The van der Waals surface area contributed by atoms with Crippen molar-refractivity contribution in [2.45, 2.75) is 13.5 Å². The van der Waals surface area contributed by atoms with Gasteiger partial charge in [0.1, 0.15) is 5.75 Å². The second kappa shape index (κ2) is 8.12. The van der Waals surface area contributed by atoms with E-state index in [1.165, 1.54) is 12.1 Å². The number of para-hydroxylation sites is 1. The molecule has 0 heterocycles. The van der Waals surface area contributed by atoms with Gasteiger partial charge in [-0.15, -0.1) is 0 Å². The van der Waals surface area contributed by atoms with E-state index in [1.807, 2.05) is 37.3 Å². The number of halogens is 2. The van der Waals surface area contributed by atoms with Crippen LogP contribution in [0.2, 0.25) is 0 Å². The van der Waals surface area contributed by atoms with Crippen molar-refractivity contribution in [1.82, 2.24) is 0 Å². The molecule has 0 aliphatic rings. The average molecular weight is 320 g/mol. The number of likely N-dealkylation sites (N-methyl/N-ethyl adjacent to an activating group) is 1. The molecule has 0 bridgehead atoms. The van der Waals surface area contributed by atoms with E-state index >= 15 is 0 Å². The maximum absolute atomic E-state index is 12.3. The Labute approximate surface area is 133 Å². The van der Waals surface area contributed by atoms with Crippen LogP contribution < -0.4 is 15.0 Å². The zero-order chi connectivity index (χ0) is 16.7. The molecule has 0 unspecified atom stereocenters. The predicted molar refractivity (Wildman–Crippen MR) is 86.0 cm³/mol. The number of alkyl halides is 2. The van der Waals surface area contributed by atoms with E-state index in [9.17, 15) is 13.6 Å². The third-order valence-electron chi connectivity index (χ3n) is 3.21. The van der Waals surface area contributed by atoms with Gasteiger partial charge in [-0.1, -0.05) is 18.2 Å². The number of nitrogens with one attached hydrogen (secondary N) is 1. The smallest absolute Gasteiger partial charge is 0.387 e. The number of anilines is 2. The first-order valence-electron chi connectivity index (χ1n) is 7.24. The maximum Gasteiger partial charge on any atom is 0.387 e.